The maximum absolute atomic E-state index is 13.0. The lowest BCUT2D eigenvalue weighted by Crippen LogP contribution is -2.31. The fourth-order valence-electron chi connectivity index (χ4n) is 3.55. The van der Waals surface area contributed by atoms with Crippen LogP contribution in [0.4, 0.5) is 5.69 Å². The third-order valence-corrected chi connectivity index (χ3v) is 7.13. The van der Waals surface area contributed by atoms with Crippen LogP contribution in [0.5, 0.6) is 5.75 Å². The first kappa shape index (κ1) is 21.7. The first-order valence-electron chi connectivity index (χ1n) is 10.0. The molecule has 7 heteroatoms. The molecule has 0 atom stereocenters. The van der Waals surface area contributed by atoms with Gasteiger partial charge in [0.2, 0.25) is 15.9 Å². The van der Waals surface area contributed by atoms with Gasteiger partial charge in [-0.3, -0.25) is 4.79 Å². The van der Waals surface area contributed by atoms with E-state index >= 15 is 0 Å². The standard InChI is InChI=1S/C20H32N2O4S/c1-4-22(5-2)27(24,25)19-15-17(13-14-18(19)26-6-3)21-20(23)16-11-9-7-8-10-12-16/h13-16H,4-12H2,1-3H3,(H,21,23). The number of hydrogen-bond acceptors (Lipinski definition) is 4. The largest absolute Gasteiger partial charge is 0.492 e. The second-order valence-corrected chi connectivity index (χ2v) is 8.77. The SMILES string of the molecule is CCOc1ccc(NC(=O)C2CCCCCC2)cc1S(=O)(=O)N(CC)CC. The highest BCUT2D eigenvalue weighted by Gasteiger charge is 2.27. The van der Waals surface area contributed by atoms with Crippen LogP contribution in [-0.4, -0.2) is 38.3 Å². The molecule has 0 saturated heterocycles. The molecule has 1 aromatic rings. The summed E-state index contributed by atoms with van der Waals surface area (Å²) >= 11 is 0. The molecule has 0 radical (unpaired) electrons. The Morgan fingerprint density at radius 1 is 1.11 bits per heavy atom. The highest BCUT2D eigenvalue weighted by Crippen LogP contribution is 2.31. The zero-order valence-corrected chi connectivity index (χ0v) is 17.5. The molecule has 2 rings (SSSR count). The van der Waals surface area contributed by atoms with E-state index in [4.69, 9.17) is 4.74 Å². The lowest BCUT2D eigenvalue weighted by molar-refractivity contribution is -0.120. The summed E-state index contributed by atoms with van der Waals surface area (Å²) in [4.78, 5) is 12.7. The van der Waals surface area contributed by atoms with Gasteiger partial charge in [-0.25, -0.2) is 8.42 Å². The highest BCUT2D eigenvalue weighted by molar-refractivity contribution is 7.89. The average molecular weight is 397 g/mol. The summed E-state index contributed by atoms with van der Waals surface area (Å²) in [6.45, 7) is 6.55. The molecule has 0 bridgehead atoms. The van der Waals surface area contributed by atoms with Gasteiger partial charge in [-0.2, -0.15) is 4.31 Å². The van der Waals surface area contributed by atoms with Crippen molar-refractivity contribution >= 4 is 21.6 Å². The predicted molar refractivity (Wildman–Crippen MR) is 108 cm³/mol. The number of ether oxygens (including phenoxy) is 1. The van der Waals surface area contributed by atoms with Gasteiger partial charge in [0.1, 0.15) is 10.6 Å². The smallest absolute Gasteiger partial charge is 0.246 e. The Morgan fingerprint density at radius 2 is 1.74 bits per heavy atom. The van der Waals surface area contributed by atoms with Gasteiger partial charge in [-0.05, 0) is 38.0 Å². The summed E-state index contributed by atoms with van der Waals surface area (Å²) in [7, 11) is -3.69. The Labute approximate surface area is 163 Å². The second kappa shape index (κ2) is 10.1. The molecule has 0 aliphatic heterocycles. The van der Waals surface area contributed by atoms with Crippen molar-refractivity contribution in [3.63, 3.8) is 0 Å². The Balaban J connectivity index is 2.29. The quantitative estimate of drug-likeness (QED) is 0.673. The number of amides is 1. The van der Waals surface area contributed by atoms with Crippen LogP contribution in [-0.2, 0) is 14.8 Å². The van der Waals surface area contributed by atoms with Crippen LogP contribution < -0.4 is 10.1 Å². The van der Waals surface area contributed by atoms with Crippen LogP contribution in [0.1, 0.15) is 59.3 Å². The topological polar surface area (TPSA) is 75.7 Å². The van der Waals surface area contributed by atoms with Gasteiger partial charge in [0, 0.05) is 24.7 Å². The third kappa shape index (κ3) is 5.45. The molecular weight excluding hydrogens is 364 g/mol. The van der Waals surface area contributed by atoms with Crippen molar-refractivity contribution in [1.29, 1.82) is 0 Å². The first-order chi connectivity index (χ1) is 12.9. The number of benzene rings is 1. The lowest BCUT2D eigenvalue weighted by Gasteiger charge is -2.21. The number of hydrogen-bond donors (Lipinski definition) is 1. The number of anilines is 1. The third-order valence-electron chi connectivity index (χ3n) is 5.06. The molecule has 1 aromatic carbocycles. The molecular formula is C20H32N2O4S. The van der Waals surface area contributed by atoms with Gasteiger partial charge in [0.15, 0.2) is 0 Å². The molecule has 1 aliphatic rings. The lowest BCUT2D eigenvalue weighted by atomic mass is 9.99. The zero-order valence-electron chi connectivity index (χ0n) is 16.7. The van der Waals surface area contributed by atoms with Gasteiger partial charge in [-0.15, -0.1) is 0 Å². The molecule has 0 heterocycles. The van der Waals surface area contributed by atoms with Crippen molar-refractivity contribution < 1.29 is 17.9 Å². The van der Waals surface area contributed by atoms with E-state index in [0.29, 0.717) is 31.1 Å². The predicted octanol–water partition coefficient (Wildman–Crippen LogP) is 4.02. The molecule has 27 heavy (non-hydrogen) atoms. The first-order valence-corrected chi connectivity index (χ1v) is 11.5. The molecule has 1 aliphatic carbocycles. The number of carbonyl (C=O) groups is 1. The van der Waals surface area contributed by atoms with E-state index in [1.54, 1.807) is 26.0 Å². The molecule has 0 unspecified atom stereocenters. The van der Waals surface area contributed by atoms with E-state index in [-0.39, 0.29) is 16.7 Å². The summed E-state index contributed by atoms with van der Waals surface area (Å²) in [5.41, 5.74) is 0.499. The molecule has 0 spiro atoms. The van der Waals surface area contributed by atoms with Crippen molar-refractivity contribution in [2.24, 2.45) is 5.92 Å². The number of nitrogens with zero attached hydrogens (tertiary/aromatic N) is 1. The summed E-state index contributed by atoms with van der Waals surface area (Å²) in [6, 6.07) is 4.86. The molecule has 0 aromatic heterocycles. The van der Waals surface area contributed by atoms with Crippen LogP contribution in [0, 0.1) is 5.92 Å². The van der Waals surface area contributed by atoms with Crippen molar-refractivity contribution in [2.45, 2.75) is 64.2 Å². The van der Waals surface area contributed by atoms with E-state index in [1.165, 1.54) is 23.2 Å². The Hall–Kier alpha value is -1.60. The van der Waals surface area contributed by atoms with E-state index in [0.717, 1.165) is 25.7 Å². The van der Waals surface area contributed by atoms with Crippen LogP contribution in [0.15, 0.2) is 23.1 Å². The zero-order chi connectivity index (χ0) is 19.9. The van der Waals surface area contributed by atoms with Crippen molar-refractivity contribution in [3.8, 4) is 5.75 Å². The Kier molecular flexibility index (Phi) is 8.10. The molecule has 1 fully saturated rings. The van der Waals surface area contributed by atoms with Gasteiger partial charge in [0.05, 0.1) is 6.61 Å². The number of carbonyl (C=O) groups excluding carboxylic acids is 1. The van der Waals surface area contributed by atoms with Crippen LogP contribution in [0.2, 0.25) is 0 Å². The maximum atomic E-state index is 13.0. The number of nitrogens with one attached hydrogen (secondary N) is 1. The molecule has 6 nitrogen and oxygen atoms in total. The number of sulfonamides is 1. The minimum absolute atomic E-state index is 0.00177. The van der Waals surface area contributed by atoms with E-state index in [2.05, 4.69) is 5.32 Å². The van der Waals surface area contributed by atoms with Gasteiger partial charge in [-0.1, -0.05) is 39.5 Å². The fourth-order valence-corrected chi connectivity index (χ4v) is 5.17. The molecule has 1 saturated carbocycles. The Bertz CT molecular complexity index is 721. The number of rotatable bonds is 8. The van der Waals surface area contributed by atoms with Gasteiger partial charge < -0.3 is 10.1 Å². The molecule has 1 amide bonds. The van der Waals surface area contributed by atoms with Crippen molar-refractivity contribution in [1.82, 2.24) is 4.31 Å². The van der Waals surface area contributed by atoms with E-state index in [1.807, 2.05) is 6.92 Å². The second-order valence-electron chi connectivity index (χ2n) is 6.86. The van der Waals surface area contributed by atoms with Gasteiger partial charge in [0.25, 0.3) is 0 Å². The minimum Gasteiger partial charge on any atom is -0.492 e. The monoisotopic (exact) mass is 396 g/mol. The van der Waals surface area contributed by atoms with E-state index < -0.39 is 10.0 Å². The Morgan fingerprint density at radius 3 is 2.30 bits per heavy atom. The highest BCUT2D eigenvalue weighted by atomic mass is 32.2. The fraction of sp³-hybridized carbons (Fsp3) is 0.650. The summed E-state index contributed by atoms with van der Waals surface area (Å²) in [5.74, 6) is 0.297. The van der Waals surface area contributed by atoms with Crippen LogP contribution in [0.3, 0.4) is 0 Å². The maximum Gasteiger partial charge on any atom is 0.246 e. The van der Waals surface area contributed by atoms with Crippen molar-refractivity contribution in [3.05, 3.63) is 18.2 Å². The van der Waals surface area contributed by atoms with Gasteiger partial charge >= 0.3 is 0 Å². The van der Waals surface area contributed by atoms with Crippen molar-refractivity contribution in [2.75, 3.05) is 25.0 Å². The van der Waals surface area contributed by atoms with Crippen LogP contribution >= 0.6 is 0 Å². The molecule has 152 valence electrons. The van der Waals surface area contributed by atoms with E-state index in [9.17, 15) is 13.2 Å². The average Bonchev–Trinajstić information content (AvgIpc) is 2.93. The normalized spacial score (nSPS) is 16.1. The minimum atomic E-state index is -3.69. The summed E-state index contributed by atoms with van der Waals surface area (Å²) in [6.07, 6.45) is 6.30. The summed E-state index contributed by atoms with van der Waals surface area (Å²) < 4.78 is 32.9. The van der Waals surface area contributed by atoms with Crippen LogP contribution in [0.25, 0.3) is 0 Å². The summed E-state index contributed by atoms with van der Waals surface area (Å²) in [5, 5.41) is 2.92. The molecule has 1 N–H and O–H groups in total.